The minimum absolute atomic E-state index is 0.00896. The third-order valence-electron chi connectivity index (χ3n) is 3.56. The van der Waals surface area contributed by atoms with Gasteiger partial charge in [0.25, 0.3) is 5.91 Å². The second-order valence-electron chi connectivity index (χ2n) is 5.35. The zero-order chi connectivity index (χ0) is 15.2. The Morgan fingerprint density at radius 3 is 3.10 bits per heavy atom. The average molecular weight is 356 g/mol. The van der Waals surface area contributed by atoms with Gasteiger partial charge in [-0.3, -0.25) is 4.79 Å². The Morgan fingerprint density at radius 1 is 1.62 bits per heavy atom. The lowest BCUT2D eigenvalue weighted by molar-refractivity contribution is 0.0388. The first-order valence-electron chi connectivity index (χ1n) is 7.34. The van der Waals surface area contributed by atoms with Gasteiger partial charge in [-0.05, 0) is 47.7 Å². The Hall–Kier alpha value is -1.14. The molecular formula is C15H22BrN3O2. The number of carbonyl (C=O) groups excluding carboxylic acids is 1. The molecule has 1 N–H and O–H groups in total. The van der Waals surface area contributed by atoms with E-state index < -0.39 is 0 Å². The van der Waals surface area contributed by atoms with Crippen molar-refractivity contribution < 1.29 is 9.53 Å². The van der Waals surface area contributed by atoms with E-state index in [1.165, 1.54) is 0 Å². The van der Waals surface area contributed by atoms with Gasteiger partial charge in [0.05, 0.1) is 12.2 Å². The topological polar surface area (TPSA) is 54.5 Å². The third kappa shape index (κ3) is 4.41. The van der Waals surface area contributed by atoms with Crippen LogP contribution in [0.4, 0.5) is 5.82 Å². The molecule has 1 atom stereocenters. The average Bonchev–Trinajstić information content (AvgIpc) is 2.49. The predicted octanol–water partition coefficient (Wildman–Crippen LogP) is 2.77. The number of pyridine rings is 1. The normalized spacial score (nSPS) is 18.3. The van der Waals surface area contributed by atoms with E-state index in [4.69, 9.17) is 4.74 Å². The van der Waals surface area contributed by atoms with Crippen molar-refractivity contribution in [2.24, 2.45) is 5.92 Å². The summed E-state index contributed by atoms with van der Waals surface area (Å²) < 4.78 is 6.29. The number of halogens is 1. The van der Waals surface area contributed by atoms with Gasteiger partial charge < -0.3 is 15.0 Å². The highest BCUT2D eigenvalue weighted by Crippen LogP contribution is 2.21. The standard InChI is InChI=1S/C15H22BrN3O2/c1-3-17-14-13(7-12(16)8-18-14)15(20)19(2)9-11-5-4-6-21-10-11/h7-8,11H,3-6,9-10H2,1-2H3,(H,17,18). The van der Waals surface area contributed by atoms with E-state index in [2.05, 4.69) is 26.2 Å². The molecule has 1 unspecified atom stereocenters. The van der Waals surface area contributed by atoms with Gasteiger partial charge in [0.15, 0.2) is 0 Å². The van der Waals surface area contributed by atoms with Crippen molar-refractivity contribution in [2.45, 2.75) is 19.8 Å². The van der Waals surface area contributed by atoms with Crippen LogP contribution in [-0.4, -0.2) is 49.1 Å². The van der Waals surface area contributed by atoms with Crippen LogP contribution in [0.5, 0.6) is 0 Å². The van der Waals surface area contributed by atoms with E-state index >= 15 is 0 Å². The maximum atomic E-state index is 12.7. The fraction of sp³-hybridized carbons (Fsp3) is 0.600. The number of aromatic nitrogens is 1. The number of nitrogens with zero attached hydrogens (tertiary/aromatic N) is 2. The van der Waals surface area contributed by atoms with Crippen LogP contribution in [0.3, 0.4) is 0 Å². The highest BCUT2D eigenvalue weighted by Gasteiger charge is 2.22. The summed E-state index contributed by atoms with van der Waals surface area (Å²) in [6.07, 6.45) is 3.89. The van der Waals surface area contributed by atoms with Gasteiger partial charge in [0.1, 0.15) is 5.82 Å². The van der Waals surface area contributed by atoms with Gasteiger partial charge >= 0.3 is 0 Å². The maximum Gasteiger partial charge on any atom is 0.257 e. The van der Waals surface area contributed by atoms with Gasteiger partial charge in [-0.2, -0.15) is 0 Å². The molecule has 0 spiro atoms. The van der Waals surface area contributed by atoms with Crippen molar-refractivity contribution in [3.63, 3.8) is 0 Å². The molecule has 0 aromatic carbocycles. The Labute approximate surface area is 134 Å². The fourth-order valence-electron chi connectivity index (χ4n) is 2.54. The lowest BCUT2D eigenvalue weighted by atomic mass is 10.0. The molecule has 1 aromatic rings. The molecule has 1 aliphatic heterocycles. The Morgan fingerprint density at radius 2 is 2.43 bits per heavy atom. The van der Waals surface area contributed by atoms with Crippen LogP contribution < -0.4 is 5.32 Å². The second kappa shape index (κ2) is 7.75. The fourth-order valence-corrected chi connectivity index (χ4v) is 2.87. The Bertz CT molecular complexity index is 490. The summed E-state index contributed by atoms with van der Waals surface area (Å²) in [6, 6.07) is 1.82. The molecule has 2 heterocycles. The number of ether oxygens (including phenoxy) is 1. The molecule has 1 aliphatic rings. The van der Waals surface area contributed by atoms with Crippen LogP contribution in [0, 0.1) is 5.92 Å². The minimum atomic E-state index is -0.00896. The number of rotatable bonds is 5. The van der Waals surface area contributed by atoms with Gasteiger partial charge in [0.2, 0.25) is 0 Å². The molecule has 0 bridgehead atoms. The lowest BCUT2D eigenvalue weighted by Gasteiger charge is -2.27. The number of hydrogen-bond donors (Lipinski definition) is 1. The first kappa shape index (κ1) is 16.2. The summed E-state index contributed by atoms with van der Waals surface area (Å²) in [5, 5.41) is 3.14. The molecule has 0 radical (unpaired) electrons. The van der Waals surface area contributed by atoms with E-state index in [0.717, 1.165) is 43.6 Å². The van der Waals surface area contributed by atoms with Crippen LogP contribution in [0.15, 0.2) is 16.7 Å². The smallest absolute Gasteiger partial charge is 0.257 e. The molecule has 5 nitrogen and oxygen atoms in total. The molecule has 1 saturated heterocycles. The van der Waals surface area contributed by atoms with E-state index in [1.807, 2.05) is 20.0 Å². The molecule has 0 saturated carbocycles. The van der Waals surface area contributed by atoms with Gasteiger partial charge in [-0.1, -0.05) is 0 Å². The largest absolute Gasteiger partial charge is 0.381 e. The van der Waals surface area contributed by atoms with Crippen LogP contribution in [-0.2, 0) is 4.74 Å². The molecule has 21 heavy (non-hydrogen) atoms. The monoisotopic (exact) mass is 355 g/mol. The number of hydrogen-bond acceptors (Lipinski definition) is 4. The van der Waals surface area contributed by atoms with Crippen LogP contribution in [0.2, 0.25) is 0 Å². The quantitative estimate of drug-likeness (QED) is 0.882. The van der Waals surface area contributed by atoms with E-state index in [1.54, 1.807) is 11.1 Å². The third-order valence-corrected chi connectivity index (χ3v) is 4.00. The predicted molar refractivity (Wildman–Crippen MR) is 86.6 cm³/mol. The van der Waals surface area contributed by atoms with E-state index in [-0.39, 0.29) is 5.91 Å². The molecule has 1 amide bonds. The van der Waals surface area contributed by atoms with Gasteiger partial charge in [-0.25, -0.2) is 4.98 Å². The first-order chi connectivity index (χ1) is 10.1. The first-order valence-corrected chi connectivity index (χ1v) is 8.13. The number of nitrogens with one attached hydrogen (secondary N) is 1. The Balaban J connectivity index is 2.08. The zero-order valence-corrected chi connectivity index (χ0v) is 14.1. The van der Waals surface area contributed by atoms with Gasteiger partial charge in [0, 0.05) is 37.4 Å². The van der Waals surface area contributed by atoms with E-state index in [9.17, 15) is 4.79 Å². The van der Waals surface area contributed by atoms with Crippen LogP contribution >= 0.6 is 15.9 Å². The summed E-state index contributed by atoms with van der Waals surface area (Å²) in [5.74, 6) is 1.05. The second-order valence-corrected chi connectivity index (χ2v) is 6.26. The highest BCUT2D eigenvalue weighted by molar-refractivity contribution is 9.10. The molecule has 2 rings (SSSR count). The molecule has 116 valence electrons. The molecule has 0 aliphatic carbocycles. The van der Waals surface area contributed by atoms with Crippen molar-refractivity contribution in [3.8, 4) is 0 Å². The van der Waals surface area contributed by atoms with Crippen molar-refractivity contribution in [1.82, 2.24) is 9.88 Å². The number of anilines is 1. The highest BCUT2D eigenvalue weighted by atomic mass is 79.9. The Kier molecular flexibility index (Phi) is 5.99. The van der Waals surface area contributed by atoms with Crippen LogP contribution in [0.1, 0.15) is 30.1 Å². The molecule has 1 aromatic heterocycles. The van der Waals surface area contributed by atoms with E-state index in [0.29, 0.717) is 17.3 Å². The minimum Gasteiger partial charge on any atom is -0.381 e. The summed E-state index contributed by atoms with van der Waals surface area (Å²) in [7, 11) is 1.84. The molecular weight excluding hydrogens is 334 g/mol. The number of carbonyl (C=O) groups is 1. The maximum absolute atomic E-state index is 12.7. The summed E-state index contributed by atoms with van der Waals surface area (Å²) >= 11 is 3.38. The van der Waals surface area contributed by atoms with Crippen molar-refractivity contribution in [3.05, 3.63) is 22.3 Å². The summed E-state index contributed by atoms with van der Waals surface area (Å²) in [5.41, 5.74) is 0.602. The van der Waals surface area contributed by atoms with Crippen molar-refractivity contribution in [2.75, 3.05) is 38.7 Å². The molecule has 1 fully saturated rings. The number of amides is 1. The zero-order valence-electron chi connectivity index (χ0n) is 12.6. The molecule has 6 heteroatoms. The summed E-state index contributed by atoms with van der Waals surface area (Å²) in [4.78, 5) is 18.7. The summed E-state index contributed by atoms with van der Waals surface area (Å²) in [6.45, 7) is 5.02. The lowest BCUT2D eigenvalue weighted by Crippen LogP contribution is -2.35. The van der Waals surface area contributed by atoms with Gasteiger partial charge in [-0.15, -0.1) is 0 Å². The van der Waals surface area contributed by atoms with Crippen molar-refractivity contribution in [1.29, 1.82) is 0 Å². The van der Waals surface area contributed by atoms with Crippen molar-refractivity contribution >= 4 is 27.7 Å². The van der Waals surface area contributed by atoms with Crippen LogP contribution in [0.25, 0.3) is 0 Å². The SMILES string of the molecule is CCNc1ncc(Br)cc1C(=O)N(C)CC1CCCOC1.